The number of amides is 3. The van der Waals surface area contributed by atoms with Gasteiger partial charge in [-0.3, -0.25) is 33.3 Å². The summed E-state index contributed by atoms with van der Waals surface area (Å²) in [7, 11) is -5.42. The second-order valence-corrected chi connectivity index (χ2v) is 30.3. The van der Waals surface area contributed by atoms with E-state index >= 15 is 0 Å². The zero-order valence-corrected chi connectivity index (χ0v) is 65.5. The Balaban J connectivity index is 3.70. The Labute approximate surface area is 609 Å². The third kappa shape index (κ3) is 55.3. The summed E-state index contributed by atoms with van der Waals surface area (Å²) >= 11 is 0. The van der Waals surface area contributed by atoms with Gasteiger partial charge in [0.1, 0.15) is 36.6 Å². The fraction of sp³-hybridized carbons (Fsp3) is 0.925. The highest BCUT2D eigenvalue weighted by Gasteiger charge is 2.51. The number of carbonyl (C=O) groups is 6. The quantitative estimate of drug-likeness (QED) is 0.0143. The number of esters is 3. The largest absolute Gasteiger partial charge is 0.470 e. The van der Waals surface area contributed by atoms with Crippen molar-refractivity contribution in [1.82, 2.24) is 16.0 Å². The molecule has 8 unspecified atom stereocenters. The average Bonchev–Trinajstić information content (AvgIpc) is 0.782. The molecule has 19 nitrogen and oxygen atoms in total. The molecule has 1 saturated heterocycles. The number of hydrogen-bond acceptors (Lipinski definition) is 14. The van der Waals surface area contributed by atoms with Crippen LogP contribution in [0.3, 0.4) is 0 Å². The van der Waals surface area contributed by atoms with Gasteiger partial charge in [-0.05, 0) is 57.8 Å². The lowest BCUT2D eigenvalue weighted by atomic mass is 9.93. The standard InChI is InChI=1S/C80H152N3O16P/c1-7-13-19-25-31-34-40-43-49-55-67(95-74(88)58-52-46-37-28-22-16-10-4)63-71(85)81-61-62-94-80-78(83-73(87)65-69(57-51-45-42-36-33-27-21-15-9-3)97-76(90)60-54-48-39-30-24-18-12-6)77(79(70(66-84)98-80)99-100(91,92)93)82-72(86)64-68(56-50-44-41-35-32-26-20-14-8-2)96-75(89)59-53-47-38-29-23-17-11-5/h67-70,77-80,84H,7-66H2,1-6H3,(H,81,85)(H,82,86)(H,83,87)(H2,91,92,93). The minimum atomic E-state index is -5.42. The molecule has 1 aliphatic heterocycles. The SMILES string of the molecule is CCCCCCCCCCCC(CC(=O)NCCOC1OC(CO)C(OP(=O)(O)O)C(NC(=O)CC(CCCCCCCCCCC)OC(=O)CCCCCCCCC)C1NC(=O)CC(CCCCCCCCCCC)OC(=O)CCCCCCCCC)OC(=O)CCCCCCCCC. The predicted molar refractivity (Wildman–Crippen MR) is 402 cm³/mol. The summed E-state index contributed by atoms with van der Waals surface area (Å²) < 4.78 is 49.2. The molecular weight excluding hydrogens is 1290 g/mol. The molecule has 588 valence electrons. The highest BCUT2D eigenvalue weighted by molar-refractivity contribution is 7.46. The average molecular weight is 1440 g/mol. The van der Waals surface area contributed by atoms with Gasteiger partial charge in [0, 0.05) is 25.8 Å². The first-order valence-electron chi connectivity index (χ1n) is 41.6. The monoisotopic (exact) mass is 1440 g/mol. The molecule has 3 amide bonds. The second kappa shape index (κ2) is 66.5. The number of hydrogen-bond donors (Lipinski definition) is 6. The lowest BCUT2D eigenvalue weighted by Gasteiger charge is -2.46. The third-order valence-electron chi connectivity index (χ3n) is 19.5. The Morgan fingerprint density at radius 3 is 0.940 bits per heavy atom. The Kier molecular flexibility index (Phi) is 63.0. The van der Waals surface area contributed by atoms with Crippen molar-refractivity contribution in [2.24, 2.45) is 0 Å². The van der Waals surface area contributed by atoms with E-state index in [0.29, 0.717) is 44.9 Å². The van der Waals surface area contributed by atoms with Crippen LogP contribution >= 0.6 is 7.82 Å². The van der Waals surface area contributed by atoms with Crippen molar-refractivity contribution in [3.8, 4) is 0 Å². The maximum absolute atomic E-state index is 14.8. The zero-order chi connectivity index (χ0) is 73.4. The van der Waals surface area contributed by atoms with Crippen LogP contribution in [0.5, 0.6) is 0 Å². The van der Waals surface area contributed by atoms with Gasteiger partial charge in [-0.2, -0.15) is 0 Å². The van der Waals surface area contributed by atoms with Crippen molar-refractivity contribution in [3.05, 3.63) is 0 Å². The maximum atomic E-state index is 14.8. The molecule has 6 N–H and O–H groups in total. The zero-order valence-electron chi connectivity index (χ0n) is 64.6. The van der Waals surface area contributed by atoms with Gasteiger partial charge in [-0.25, -0.2) is 4.57 Å². The van der Waals surface area contributed by atoms with E-state index in [2.05, 4.69) is 57.5 Å². The van der Waals surface area contributed by atoms with Gasteiger partial charge < -0.3 is 54.5 Å². The van der Waals surface area contributed by atoms with Crippen molar-refractivity contribution < 1.29 is 76.4 Å². The van der Waals surface area contributed by atoms with Crippen molar-refractivity contribution in [2.75, 3.05) is 19.8 Å². The molecule has 0 radical (unpaired) electrons. The smallest absolute Gasteiger partial charge is 0.462 e. The molecule has 100 heavy (non-hydrogen) atoms. The number of rotatable bonds is 72. The van der Waals surface area contributed by atoms with Gasteiger partial charge in [0.05, 0.1) is 38.5 Å². The highest BCUT2D eigenvalue weighted by Crippen LogP contribution is 2.42. The number of aliphatic hydroxyl groups is 1. The van der Waals surface area contributed by atoms with E-state index in [1.54, 1.807) is 0 Å². The van der Waals surface area contributed by atoms with Crippen molar-refractivity contribution in [2.45, 2.75) is 456 Å². The Hall–Kier alpha value is -3.19. The summed E-state index contributed by atoms with van der Waals surface area (Å²) in [6.07, 6.45) is 44.9. The Morgan fingerprint density at radius 2 is 0.650 bits per heavy atom. The Morgan fingerprint density at radius 1 is 0.380 bits per heavy atom. The second-order valence-electron chi connectivity index (χ2n) is 29.1. The molecule has 0 aromatic heterocycles. The van der Waals surface area contributed by atoms with Gasteiger partial charge in [0.15, 0.2) is 6.29 Å². The molecule has 1 fully saturated rings. The topological polar surface area (TPSA) is 272 Å². The first-order chi connectivity index (χ1) is 48.5. The van der Waals surface area contributed by atoms with Crippen LogP contribution in [0.25, 0.3) is 0 Å². The number of nitrogens with one attached hydrogen (secondary N) is 3. The molecular formula is C80H152N3O16P. The number of phosphoric acid groups is 1. The summed E-state index contributed by atoms with van der Waals surface area (Å²) in [6, 6.07) is -3.00. The van der Waals surface area contributed by atoms with Gasteiger partial charge in [-0.1, -0.05) is 311 Å². The first-order valence-corrected chi connectivity index (χ1v) is 43.1. The Bertz CT molecular complexity index is 2030. The molecule has 0 aromatic carbocycles. The molecule has 1 heterocycles. The normalized spacial score (nSPS) is 17.1. The maximum Gasteiger partial charge on any atom is 0.470 e. The van der Waals surface area contributed by atoms with E-state index in [1.807, 2.05) is 0 Å². The van der Waals surface area contributed by atoms with E-state index in [-0.39, 0.29) is 63.6 Å². The summed E-state index contributed by atoms with van der Waals surface area (Å²) in [5, 5.41) is 19.6. The molecule has 0 bridgehead atoms. The van der Waals surface area contributed by atoms with Crippen LogP contribution in [0.1, 0.15) is 408 Å². The lowest BCUT2D eigenvalue weighted by molar-refractivity contribution is -0.247. The summed E-state index contributed by atoms with van der Waals surface area (Å²) in [5.41, 5.74) is 0. The van der Waals surface area contributed by atoms with Crippen LogP contribution in [0.15, 0.2) is 0 Å². The van der Waals surface area contributed by atoms with Crippen LogP contribution < -0.4 is 16.0 Å². The molecule has 8 atom stereocenters. The number of unbranched alkanes of at least 4 members (excludes halogenated alkanes) is 42. The van der Waals surface area contributed by atoms with Gasteiger partial charge in [-0.15, -0.1) is 0 Å². The van der Waals surface area contributed by atoms with Gasteiger partial charge in [0.25, 0.3) is 0 Å². The number of aliphatic hydroxyl groups excluding tert-OH is 1. The van der Waals surface area contributed by atoms with Crippen molar-refractivity contribution in [1.29, 1.82) is 0 Å². The van der Waals surface area contributed by atoms with Crippen LogP contribution in [0.4, 0.5) is 0 Å². The van der Waals surface area contributed by atoms with E-state index in [1.165, 1.54) is 116 Å². The summed E-state index contributed by atoms with van der Waals surface area (Å²) in [6.45, 7) is 11.9. The first kappa shape index (κ1) is 94.8. The van der Waals surface area contributed by atoms with E-state index in [4.69, 9.17) is 28.2 Å². The van der Waals surface area contributed by atoms with E-state index in [0.717, 1.165) is 167 Å². The molecule has 1 aliphatic rings. The fourth-order valence-electron chi connectivity index (χ4n) is 13.5. The van der Waals surface area contributed by atoms with Crippen molar-refractivity contribution in [3.63, 3.8) is 0 Å². The lowest BCUT2D eigenvalue weighted by Crippen LogP contribution is -2.70. The molecule has 0 aliphatic carbocycles. The van der Waals surface area contributed by atoms with Gasteiger partial charge >= 0.3 is 25.7 Å². The molecule has 0 spiro atoms. The fourth-order valence-corrected chi connectivity index (χ4v) is 14.1. The van der Waals surface area contributed by atoms with Crippen LogP contribution in [-0.4, -0.2) is 119 Å². The minimum Gasteiger partial charge on any atom is -0.462 e. The van der Waals surface area contributed by atoms with Crippen LogP contribution in [0, 0.1) is 0 Å². The van der Waals surface area contributed by atoms with Crippen LogP contribution in [-0.2, 0) is 61.5 Å². The van der Waals surface area contributed by atoms with E-state index < -0.39 is 87.1 Å². The summed E-state index contributed by atoms with van der Waals surface area (Å²) in [4.78, 5) is 105. The minimum absolute atomic E-state index is 0.0706. The molecule has 1 rings (SSSR count). The summed E-state index contributed by atoms with van der Waals surface area (Å²) in [5.74, 6) is -2.85. The predicted octanol–water partition coefficient (Wildman–Crippen LogP) is 19.4. The molecule has 0 aromatic rings. The van der Waals surface area contributed by atoms with Crippen LogP contribution in [0.2, 0.25) is 0 Å². The van der Waals surface area contributed by atoms with Crippen molar-refractivity contribution >= 4 is 43.5 Å². The van der Waals surface area contributed by atoms with E-state index in [9.17, 15) is 48.2 Å². The third-order valence-corrected chi connectivity index (χ3v) is 20.0. The number of carbonyl (C=O) groups excluding carboxylic acids is 6. The van der Waals surface area contributed by atoms with Gasteiger partial charge in [0.2, 0.25) is 17.7 Å². The molecule has 0 saturated carbocycles. The number of ether oxygens (including phenoxy) is 5. The molecule has 20 heteroatoms. The number of phosphoric ester groups is 1. The highest BCUT2D eigenvalue weighted by atomic mass is 31.2.